The van der Waals surface area contributed by atoms with Crippen LogP contribution >= 0.6 is 0 Å². The number of carbonyl (C=O) groups excluding carboxylic acids is 1. The van der Waals surface area contributed by atoms with Gasteiger partial charge in [-0.3, -0.25) is 4.79 Å². The lowest BCUT2D eigenvalue weighted by molar-refractivity contribution is -0.115. The lowest BCUT2D eigenvalue weighted by Crippen LogP contribution is -2.16. The molecule has 4 N–H and O–H groups in total. The second-order valence-electron chi connectivity index (χ2n) is 5.05. The van der Waals surface area contributed by atoms with Crippen molar-refractivity contribution in [1.82, 2.24) is 0 Å². The molecule has 0 aliphatic rings. The van der Waals surface area contributed by atoms with E-state index in [0.717, 1.165) is 11.4 Å². The fourth-order valence-corrected chi connectivity index (χ4v) is 1.99. The molecule has 0 spiro atoms. The van der Waals surface area contributed by atoms with Crippen molar-refractivity contribution < 1.29 is 9.90 Å². The molecule has 110 valence electrons. The fourth-order valence-electron chi connectivity index (χ4n) is 1.99. The van der Waals surface area contributed by atoms with E-state index in [4.69, 9.17) is 5.73 Å². The third-order valence-corrected chi connectivity index (χ3v) is 3.12. The van der Waals surface area contributed by atoms with Gasteiger partial charge in [0.2, 0.25) is 5.91 Å². The molecule has 21 heavy (non-hydrogen) atoms. The molecule has 1 amide bonds. The summed E-state index contributed by atoms with van der Waals surface area (Å²) in [6.07, 6.45) is 0.117. The first kappa shape index (κ1) is 14.7. The minimum absolute atomic E-state index is 0.0987. The summed E-state index contributed by atoms with van der Waals surface area (Å²) in [4.78, 5) is 14.0. The van der Waals surface area contributed by atoms with Crippen LogP contribution in [0.3, 0.4) is 0 Å². The van der Waals surface area contributed by atoms with Gasteiger partial charge < -0.3 is 21.1 Å². The van der Waals surface area contributed by atoms with Gasteiger partial charge in [0.05, 0.1) is 6.42 Å². The third kappa shape index (κ3) is 3.89. The number of phenolic OH excluding ortho intramolecular Hbond substituents is 1. The molecule has 5 heteroatoms. The standard InChI is InChI=1S/C16H19N3O2/c1-19(2)13-5-3-4-12(10-13)18-16(21)9-11-8-14(20)6-7-15(11)17/h3-8,10,20H,9,17H2,1-2H3,(H,18,21). The molecular formula is C16H19N3O2. The van der Waals surface area contributed by atoms with Gasteiger partial charge in [-0.2, -0.15) is 0 Å². The zero-order chi connectivity index (χ0) is 15.4. The fraction of sp³-hybridized carbons (Fsp3) is 0.188. The van der Waals surface area contributed by atoms with Gasteiger partial charge in [-0.1, -0.05) is 6.07 Å². The van der Waals surface area contributed by atoms with E-state index in [1.54, 1.807) is 6.07 Å². The van der Waals surface area contributed by atoms with Gasteiger partial charge in [0.25, 0.3) is 0 Å². The van der Waals surface area contributed by atoms with E-state index in [1.807, 2.05) is 43.3 Å². The minimum atomic E-state index is -0.178. The zero-order valence-corrected chi connectivity index (χ0v) is 12.1. The van der Waals surface area contributed by atoms with Crippen LogP contribution in [0.1, 0.15) is 5.56 Å². The average molecular weight is 285 g/mol. The van der Waals surface area contributed by atoms with Gasteiger partial charge >= 0.3 is 0 Å². The average Bonchev–Trinajstić information content (AvgIpc) is 2.43. The molecule has 0 aromatic heterocycles. The molecule has 0 atom stereocenters. The molecule has 0 unspecified atom stereocenters. The number of nitrogen functional groups attached to an aromatic ring is 1. The van der Waals surface area contributed by atoms with Crippen LogP contribution in [0.4, 0.5) is 17.1 Å². The predicted molar refractivity (Wildman–Crippen MR) is 85.6 cm³/mol. The Bertz CT molecular complexity index is 654. The number of nitrogens with zero attached hydrogens (tertiary/aromatic N) is 1. The highest BCUT2D eigenvalue weighted by Gasteiger charge is 2.08. The summed E-state index contributed by atoms with van der Waals surface area (Å²) in [5, 5.41) is 12.3. The van der Waals surface area contributed by atoms with Gasteiger partial charge in [0.1, 0.15) is 5.75 Å². The number of nitrogens with one attached hydrogen (secondary N) is 1. The summed E-state index contributed by atoms with van der Waals surface area (Å²) in [5.41, 5.74) is 8.63. The molecule has 2 aromatic rings. The molecule has 0 heterocycles. The predicted octanol–water partition coefficient (Wildman–Crippen LogP) is 2.22. The van der Waals surface area contributed by atoms with Crippen LogP contribution in [0.2, 0.25) is 0 Å². The molecule has 0 bridgehead atoms. The maximum absolute atomic E-state index is 12.1. The normalized spacial score (nSPS) is 10.2. The molecule has 0 fully saturated rings. The Kier molecular flexibility index (Phi) is 4.33. The van der Waals surface area contributed by atoms with Crippen LogP contribution in [0.25, 0.3) is 0 Å². The Morgan fingerprint density at radius 2 is 2.00 bits per heavy atom. The maximum atomic E-state index is 12.1. The first-order valence-corrected chi connectivity index (χ1v) is 6.60. The molecule has 0 saturated heterocycles. The number of hydrogen-bond donors (Lipinski definition) is 3. The summed E-state index contributed by atoms with van der Waals surface area (Å²) in [5.74, 6) is -0.0789. The summed E-state index contributed by atoms with van der Waals surface area (Å²) < 4.78 is 0. The smallest absolute Gasteiger partial charge is 0.228 e. The van der Waals surface area contributed by atoms with Crippen LogP contribution in [0.5, 0.6) is 5.75 Å². The van der Waals surface area contributed by atoms with Gasteiger partial charge in [0.15, 0.2) is 0 Å². The van der Waals surface area contributed by atoms with Crippen LogP contribution in [-0.4, -0.2) is 25.1 Å². The largest absolute Gasteiger partial charge is 0.508 e. The van der Waals surface area contributed by atoms with Crippen molar-refractivity contribution >= 4 is 23.0 Å². The number of hydrogen-bond acceptors (Lipinski definition) is 4. The molecule has 2 aromatic carbocycles. The topological polar surface area (TPSA) is 78.6 Å². The quantitative estimate of drug-likeness (QED) is 0.594. The second-order valence-corrected chi connectivity index (χ2v) is 5.05. The number of nitrogens with two attached hydrogens (primary N) is 1. The van der Waals surface area contributed by atoms with Crippen LogP contribution in [0.15, 0.2) is 42.5 Å². The third-order valence-electron chi connectivity index (χ3n) is 3.12. The maximum Gasteiger partial charge on any atom is 0.228 e. The van der Waals surface area contributed by atoms with E-state index in [0.29, 0.717) is 11.3 Å². The Hall–Kier alpha value is -2.69. The Morgan fingerprint density at radius 1 is 1.24 bits per heavy atom. The Morgan fingerprint density at radius 3 is 2.71 bits per heavy atom. The molecule has 0 radical (unpaired) electrons. The monoisotopic (exact) mass is 285 g/mol. The van der Waals surface area contributed by atoms with Crippen molar-refractivity contribution in [2.75, 3.05) is 30.0 Å². The van der Waals surface area contributed by atoms with Crippen LogP contribution in [0, 0.1) is 0 Å². The van der Waals surface area contributed by atoms with Gasteiger partial charge in [-0.15, -0.1) is 0 Å². The highest BCUT2D eigenvalue weighted by molar-refractivity contribution is 5.93. The van der Waals surface area contributed by atoms with Crippen molar-refractivity contribution in [2.24, 2.45) is 0 Å². The van der Waals surface area contributed by atoms with Gasteiger partial charge in [-0.05, 0) is 42.0 Å². The lowest BCUT2D eigenvalue weighted by atomic mass is 10.1. The van der Waals surface area contributed by atoms with Gasteiger partial charge in [0, 0.05) is 31.2 Å². The summed E-state index contributed by atoms with van der Waals surface area (Å²) in [6, 6.07) is 12.2. The number of phenols is 1. The summed E-state index contributed by atoms with van der Waals surface area (Å²) in [7, 11) is 3.88. The van der Waals surface area contributed by atoms with Crippen molar-refractivity contribution in [1.29, 1.82) is 0 Å². The molecular weight excluding hydrogens is 266 g/mol. The van der Waals surface area contributed by atoms with E-state index in [1.165, 1.54) is 12.1 Å². The first-order valence-electron chi connectivity index (χ1n) is 6.60. The van der Waals surface area contributed by atoms with Crippen molar-refractivity contribution in [3.63, 3.8) is 0 Å². The van der Waals surface area contributed by atoms with E-state index in [2.05, 4.69) is 5.32 Å². The Balaban J connectivity index is 2.08. The second kappa shape index (κ2) is 6.17. The van der Waals surface area contributed by atoms with E-state index in [9.17, 15) is 9.90 Å². The molecule has 0 aliphatic heterocycles. The van der Waals surface area contributed by atoms with Crippen molar-refractivity contribution in [3.05, 3.63) is 48.0 Å². The Labute approximate surface area is 124 Å². The van der Waals surface area contributed by atoms with E-state index >= 15 is 0 Å². The summed E-state index contributed by atoms with van der Waals surface area (Å²) in [6.45, 7) is 0. The number of amides is 1. The zero-order valence-electron chi connectivity index (χ0n) is 12.1. The molecule has 0 saturated carbocycles. The highest BCUT2D eigenvalue weighted by Crippen LogP contribution is 2.20. The van der Waals surface area contributed by atoms with Crippen molar-refractivity contribution in [3.8, 4) is 5.75 Å². The molecule has 2 rings (SSSR count). The highest BCUT2D eigenvalue weighted by atomic mass is 16.3. The number of rotatable bonds is 4. The molecule has 0 aliphatic carbocycles. The SMILES string of the molecule is CN(C)c1cccc(NC(=O)Cc2cc(O)ccc2N)c1. The van der Waals surface area contributed by atoms with E-state index < -0.39 is 0 Å². The number of aromatic hydroxyl groups is 1. The van der Waals surface area contributed by atoms with Crippen LogP contribution in [-0.2, 0) is 11.2 Å². The minimum Gasteiger partial charge on any atom is -0.508 e. The summed E-state index contributed by atoms with van der Waals surface area (Å²) >= 11 is 0. The number of anilines is 3. The molecule has 5 nitrogen and oxygen atoms in total. The first-order chi connectivity index (χ1) is 9.95. The number of carbonyl (C=O) groups is 1. The van der Waals surface area contributed by atoms with E-state index in [-0.39, 0.29) is 18.1 Å². The van der Waals surface area contributed by atoms with Gasteiger partial charge in [-0.25, -0.2) is 0 Å². The van der Waals surface area contributed by atoms with Crippen molar-refractivity contribution in [2.45, 2.75) is 6.42 Å². The van der Waals surface area contributed by atoms with Crippen LogP contribution < -0.4 is 16.0 Å². The lowest BCUT2D eigenvalue weighted by Gasteiger charge is -2.14. The number of benzene rings is 2.